The molecule has 1 aromatic heterocycles. The Bertz CT molecular complexity index is 879. The standard InChI is InChI=1S/C20H18BrN3/c1-3-12-24(13-4-2)20-17-10-5-6-11-18(17)22-19(23-20)15-8-7-9-16(21)14-15/h3-11,14H,1-2,12-13H2. The number of benzene rings is 2. The number of aromatic nitrogens is 2. The van der Waals surface area contributed by atoms with Gasteiger partial charge in [0.05, 0.1) is 5.52 Å². The van der Waals surface area contributed by atoms with Crippen molar-refractivity contribution in [3.63, 3.8) is 0 Å². The zero-order valence-electron chi connectivity index (χ0n) is 13.3. The maximum atomic E-state index is 4.85. The Morgan fingerprint density at radius 1 is 0.958 bits per heavy atom. The Labute approximate surface area is 150 Å². The highest BCUT2D eigenvalue weighted by Crippen LogP contribution is 2.28. The van der Waals surface area contributed by atoms with Crippen molar-refractivity contribution in [2.24, 2.45) is 0 Å². The lowest BCUT2D eigenvalue weighted by molar-refractivity contribution is 0.930. The minimum Gasteiger partial charge on any atom is -0.349 e. The number of hydrogen-bond donors (Lipinski definition) is 0. The molecule has 0 amide bonds. The number of fused-ring (bicyclic) bond motifs is 1. The predicted molar refractivity (Wildman–Crippen MR) is 105 cm³/mol. The number of halogens is 1. The van der Waals surface area contributed by atoms with Crippen LogP contribution in [0.3, 0.4) is 0 Å². The highest BCUT2D eigenvalue weighted by atomic mass is 79.9. The van der Waals surface area contributed by atoms with E-state index >= 15 is 0 Å². The summed E-state index contributed by atoms with van der Waals surface area (Å²) in [5, 5.41) is 1.03. The van der Waals surface area contributed by atoms with Gasteiger partial charge in [0.2, 0.25) is 0 Å². The summed E-state index contributed by atoms with van der Waals surface area (Å²) in [4.78, 5) is 11.7. The van der Waals surface area contributed by atoms with Crippen LogP contribution >= 0.6 is 15.9 Å². The molecule has 0 N–H and O–H groups in total. The molecule has 2 aromatic carbocycles. The third-order valence-electron chi connectivity index (χ3n) is 3.66. The van der Waals surface area contributed by atoms with Crippen LogP contribution in [-0.4, -0.2) is 23.1 Å². The molecule has 120 valence electrons. The van der Waals surface area contributed by atoms with Crippen LogP contribution in [0.15, 0.2) is 78.3 Å². The summed E-state index contributed by atoms with van der Waals surface area (Å²) < 4.78 is 1.01. The second-order valence-corrected chi connectivity index (χ2v) is 6.30. The SMILES string of the molecule is C=CCN(CC=C)c1nc(-c2cccc(Br)c2)nc2ccccc12. The zero-order valence-corrected chi connectivity index (χ0v) is 14.9. The van der Waals surface area contributed by atoms with Gasteiger partial charge in [0, 0.05) is 28.5 Å². The highest BCUT2D eigenvalue weighted by Gasteiger charge is 2.14. The van der Waals surface area contributed by atoms with Crippen molar-refractivity contribution < 1.29 is 0 Å². The molecule has 0 aliphatic rings. The monoisotopic (exact) mass is 379 g/mol. The number of rotatable bonds is 6. The van der Waals surface area contributed by atoms with E-state index in [1.54, 1.807) is 0 Å². The summed E-state index contributed by atoms with van der Waals surface area (Å²) >= 11 is 3.51. The smallest absolute Gasteiger partial charge is 0.162 e. The average Bonchev–Trinajstić information content (AvgIpc) is 2.60. The zero-order chi connectivity index (χ0) is 16.9. The first kappa shape index (κ1) is 16.4. The molecule has 0 unspecified atom stereocenters. The van der Waals surface area contributed by atoms with Crippen molar-refractivity contribution in [2.75, 3.05) is 18.0 Å². The quantitative estimate of drug-likeness (QED) is 0.548. The lowest BCUT2D eigenvalue weighted by Crippen LogP contribution is -2.24. The van der Waals surface area contributed by atoms with Gasteiger partial charge < -0.3 is 4.90 Å². The van der Waals surface area contributed by atoms with Crippen LogP contribution in [0, 0.1) is 0 Å². The number of anilines is 1. The highest BCUT2D eigenvalue weighted by molar-refractivity contribution is 9.10. The second kappa shape index (κ2) is 7.41. The molecule has 3 nitrogen and oxygen atoms in total. The molecular formula is C20H18BrN3. The van der Waals surface area contributed by atoms with Crippen LogP contribution in [0.1, 0.15) is 0 Å². The first-order valence-electron chi connectivity index (χ1n) is 7.72. The minimum absolute atomic E-state index is 0.699. The van der Waals surface area contributed by atoms with E-state index in [0.717, 1.165) is 26.8 Å². The fourth-order valence-corrected chi connectivity index (χ4v) is 3.02. The van der Waals surface area contributed by atoms with Gasteiger partial charge in [-0.3, -0.25) is 0 Å². The molecule has 0 bridgehead atoms. The third-order valence-corrected chi connectivity index (χ3v) is 4.16. The number of para-hydroxylation sites is 1. The lowest BCUT2D eigenvalue weighted by atomic mass is 10.1. The van der Waals surface area contributed by atoms with Gasteiger partial charge in [-0.25, -0.2) is 9.97 Å². The Morgan fingerprint density at radius 3 is 2.42 bits per heavy atom. The molecule has 0 radical (unpaired) electrons. The molecular weight excluding hydrogens is 362 g/mol. The van der Waals surface area contributed by atoms with Crippen LogP contribution in [0.2, 0.25) is 0 Å². The Balaban J connectivity index is 2.22. The van der Waals surface area contributed by atoms with Gasteiger partial charge in [0.1, 0.15) is 5.82 Å². The van der Waals surface area contributed by atoms with Crippen molar-refractivity contribution in [1.82, 2.24) is 9.97 Å². The number of hydrogen-bond acceptors (Lipinski definition) is 3. The van der Waals surface area contributed by atoms with E-state index in [1.807, 2.05) is 54.6 Å². The largest absolute Gasteiger partial charge is 0.349 e. The molecule has 1 heterocycles. The van der Waals surface area contributed by atoms with Crippen LogP contribution < -0.4 is 4.90 Å². The fraction of sp³-hybridized carbons (Fsp3) is 0.100. The fourth-order valence-electron chi connectivity index (χ4n) is 2.62. The third kappa shape index (κ3) is 3.39. The molecule has 0 spiro atoms. The Kier molecular flexibility index (Phi) is 5.06. The molecule has 3 aromatic rings. The van der Waals surface area contributed by atoms with Gasteiger partial charge in [-0.05, 0) is 24.3 Å². The van der Waals surface area contributed by atoms with Gasteiger partial charge >= 0.3 is 0 Å². The van der Waals surface area contributed by atoms with E-state index < -0.39 is 0 Å². The molecule has 0 saturated carbocycles. The van der Waals surface area contributed by atoms with E-state index in [0.29, 0.717) is 18.9 Å². The van der Waals surface area contributed by atoms with Crippen molar-refractivity contribution in [3.8, 4) is 11.4 Å². The lowest BCUT2D eigenvalue weighted by Gasteiger charge is -2.22. The van der Waals surface area contributed by atoms with Crippen LogP contribution in [-0.2, 0) is 0 Å². The van der Waals surface area contributed by atoms with Crippen molar-refractivity contribution in [3.05, 3.63) is 78.3 Å². The summed E-state index contributed by atoms with van der Waals surface area (Å²) in [5.74, 6) is 1.61. The van der Waals surface area contributed by atoms with Crippen LogP contribution in [0.4, 0.5) is 5.82 Å². The molecule has 4 heteroatoms. The maximum Gasteiger partial charge on any atom is 0.162 e. The second-order valence-electron chi connectivity index (χ2n) is 5.38. The van der Waals surface area contributed by atoms with E-state index in [2.05, 4.69) is 40.1 Å². The van der Waals surface area contributed by atoms with Gasteiger partial charge in [-0.2, -0.15) is 0 Å². The first-order valence-corrected chi connectivity index (χ1v) is 8.51. The minimum atomic E-state index is 0.699. The topological polar surface area (TPSA) is 29.0 Å². The molecule has 24 heavy (non-hydrogen) atoms. The summed E-state index contributed by atoms with van der Waals surface area (Å²) in [6, 6.07) is 16.1. The van der Waals surface area contributed by atoms with E-state index in [1.165, 1.54) is 0 Å². The van der Waals surface area contributed by atoms with Gasteiger partial charge in [0.25, 0.3) is 0 Å². The van der Waals surface area contributed by atoms with Gasteiger partial charge in [0.15, 0.2) is 5.82 Å². The average molecular weight is 380 g/mol. The Hall–Kier alpha value is -2.46. The molecule has 0 saturated heterocycles. The molecule has 3 rings (SSSR count). The van der Waals surface area contributed by atoms with Crippen LogP contribution in [0.25, 0.3) is 22.3 Å². The molecule has 0 atom stereocenters. The number of nitrogens with zero attached hydrogens (tertiary/aromatic N) is 3. The molecule has 0 fully saturated rings. The summed E-state index contributed by atoms with van der Waals surface area (Å²) in [6.45, 7) is 9.11. The van der Waals surface area contributed by atoms with Crippen molar-refractivity contribution in [2.45, 2.75) is 0 Å². The Morgan fingerprint density at radius 2 is 1.71 bits per heavy atom. The first-order chi connectivity index (χ1) is 11.7. The van der Waals surface area contributed by atoms with Gasteiger partial charge in [-0.1, -0.05) is 52.3 Å². The van der Waals surface area contributed by atoms with Crippen molar-refractivity contribution >= 4 is 32.7 Å². The van der Waals surface area contributed by atoms with Crippen LogP contribution in [0.5, 0.6) is 0 Å². The van der Waals surface area contributed by atoms with E-state index in [9.17, 15) is 0 Å². The summed E-state index contributed by atoms with van der Waals surface area (Å²) in [6.07, 6.45) is 3.75. The molecule has 0 aliphatic heterocycles. The summed E-state index contributed by atoms with van der Waals surface area (Å²) in [7, 11) is 0. The maximum absolute atomic E-state index is 4.85. The predicted octanol–water partition coefficient (Wildman–Crippen LogP) is 5.24. The van der Waals surface area contributed by atoms with Crippen molar-refractivity contribution in [1.29, 1.82) is 0 Å². The molecule has 0 aliphatic carbocycles. The van der Waals surface area contributed by atoms with E-state index in [-0.39, 0.29) is 0 Å². The summed E-state index contributed by atoms with van der Waals surface area (Å²) in [5.41, 5.74) is 1.91. The van der Waals surface area contributed by atoms with Gasteiger partial charge in [-0.15, -0.1) is 13.2 Å². The van der Waals surface area contributed by atoms with E-state index in [4.69, 9.17) is 9.97 Å². The normalized spacial score (nSPS) is 10.5.